The van der Waals surface area contributed by atoms with Crippen molar-refractivity contribution in [1.29, 1.82) is 5.26 Å². The average Bonchev–Trinajstić information content (AvgIpc) is 3.11. The fourth-order valence-electron chi connectivity index (χ4n) is 2.22. The van der Waals surface area contributed by atoms with Crippen molar-refractivity contribution in [3.8, 4) is 17.3 Å². The van der Waals surface area contributed by atoms with Crippen molar-refractivity contribution in [2.45, 2.75) is 24.1 Å². The summed E-state index contributed by atoms with van der Waals surface area (Å²) >= 11 is 2.53. The van der Waals surface area contributed by atoms with Gasteiger partial charge in [0.2, 0.25) is 5.91 Å². The number of amides is 1. The van der Waals surface area contributed by atoms with Gasteiger partial charge in [-0.25, -0.2) is 14.4 Å². The number of aryl methyl sites for hydroxylation is 1. The molecule has 1 atom stereocenters. The molecule has 0 radical (unpaired) electrons. The van der Waals surface area contributed by atoms with Crippen molar-refractivity contribution in [1.82, 2.24) is 9.97 Å². The first-order chi connectivity index (χ1) is 13.0. The fourth-order valence-corrected chi connectivity index (χ4v) is 3.88. The molecule has 3 aromatic rings. The predicted molar refractivity (Wildman–Crippen MR) is 105 cm³/mol. The molecule has 0 aliphatic heterocycles. The lowest BCUT2D eigenvalue weighted by atomic mass is 10.2. The molecule has 136 valence electrons. The maximum absolute atomic E-state index is 13.0. The molecule has 0 aliphatic carbocycles. The Morgan fingerprint density at radius 2 is 2.00 bits per heavy atom. The Balaban J connectivity index is 1.68. The van der Waals surface area contributed by atoms with Gasteiger partial charge in [0.25, 0.3) is 0 Å². The molecular formula is C19H15FN4OS2. The van der Waals surface area contributed by atoms with Gasteiger partial charge in [0.05, 0.1) is 16.5 Å². The number of rotatable bonds is 5. The summed E-state index contributed by atoms with van der Waals surface area (Å²) in [6.07, 6.45) is 0. The smallest absolute Gasteiger partial charge is 0.239 e. The van der Waals surface area contributed by atoms with Crippen molar-refractivity contribution in [3.05, 3.63) is 58.9 Å². The summed E-state index contributed by atoms with van der Waals surface area (Å²) in [5.41, 5.74) is 2.67. The predicted octanol–water partition coefficient (Wildman–Crippen LogP) is 4.64. The SMILES string of the molecule is Cc1ccc(C#N)c(SC(C)C(=O)Nc2nc(-c3ccc(F)cc3)cs2)n1. The quantitative estimate of drug-likeness (QED) is 0.633. The molecule has 2 heterocycles. The van der Waals surface area contributed by atoms with Gasteiger partial charge in [-0.1, -0.05) is 11.8 Å². The Morgan fingerprint density at radius 3 is 2.70 bits per heavy atom. The summed E-state index contributed by atoms with van der Waals surface area (Å²) < 4.78 is 13.0. The fraction of sp³-hybridized carbons (Fsp3) is 0.158. The van der Waals surface area contributed by atoms with Crippen molar-refractivity contribution < 1.29 is 9.18 Å². The molecule has 1 aromatic carbocycles. The van der Waals surface area contributed by atoms with E-state index in [-0.39, 0.29) is 11.7 Å². The molecule has 8 heteroatoms. The molecule has 0 saturated carbocycles. The molecule has 1 unspecified atom stereocenters. The number of hydrogen-bond donors (Lipinski definition) is 1. The highest BCUT2D eigenvalue weighted by Gasteiger charge is 2.19. The Labute approximate surface area is 164 Å². The van der Waals surface area contributed by atoms with E-state index in [4.69, 9.17) is 0 Å². The highest BCUT2D eigenvalue weighted by molar-refractivity contribution is 8.00. The van der Waals surface area contributed by atoms with Gasteiger partial charge < -0.3 is 5.32 Å². The first-order valence-corrected chi connectivity index (χ1v) is 9.79. The molecule has 0 aliphatic rings. The number of thioether (sulfide) groups is 1. The van der Waals surface area contributed by atoms with Crippen molar-refractivity contribution in [2.75, 3.05) is 5.32 Å². The van der Waals surface area contributed by atoms with Crippen molar-refractivity contribution in [3.63, 3.8) is 0 Å². The van der Waals surface area contributed by atoms with E-state index in [2.05, 4.69) is 21.4 Å². The standard InChI is InChI=1S/C19H15FN4OS2/c1-11-3-4-14(9-21)18(22-11)27-12(2)17(25)24-19-23-16(10-26-19)13-5-7-15(20)8-6-13/h3-8,10,12H,1-2H3,(H,23,24,25). The number of benzene rings is 1. The van der Waals surface area contributed by atoms with Gasteiger partial charge in [0.1, 0.15) is 16.9 Å². The van der Waals surface area contributed by atoms with Gasteiger partial charge in [0.15, 0.2) is 5.13 Å². The highest BCUT2D eigenvalue weighted by atomic mass is 32.2. The van der Waals surface area contributed by atoms with Crippen LogP contribution in [0.5, 0.6) is 0 Å². The summed E-state index contributed by atoms with van der Waals surface area (Å²) in [5.74, 6) is -0.540. The lowest BCUT2D eigenvalue weighted by Crippen LogP contribution is -2.22. The van der Waals surface area contributed by atoms with Gasteiger partial charge in [-0.05, 0) is 50.2 Å². The first-order valence-electron chi connectivity index (χ1n) is 8.03. The summed E-state index contributed by atoms with van der Waals surface area (Å²) in [5, 5.41) is 14.3. The number of carbonyl (C=O) groups is 1. The van der Waals surface area contributed by atoms with Gasteiger partial charge in [-0.3, -0.25) is 4.79 Å². The molecule has 0 bridgehead atoms. The summed E-state index contributed by atoms with van der Waals surface area (Å²) in [6, 6.07) is 11.6. The van der Waals surface area contributed by atoms with E-state index in [1.807, 2.05) is 6.92 Å². The zero-order chi connectivity index (χ0) is 19.4. The third kappa shape index (κ3) is 4.70. The molecule has 0 saturated heterocycles. The van der Waals surface area contributed by atoms with Crippen LogP contribution < -0.4 is 5.32 Å². The number of nitrogens with zero attached hydrogens (tertiary/aromatic N) is 3. The minimum absolute atomic E-state index is 0.229. The highest BCUT2D eigenvalue weighted by Crippen LogP contribution is 2.28. The lowest BCUT2D eigenvalue weighted by molar-refractivity contribution is -0.115. The Hall–Kier alpha value is -2.76. The third-order valence-corrected chi connectivity index (χ3v) is 5.51. The molecular weight excluding hydrogens is 383 g/mol. The number of carbonyl (C=O) groups excluding carboxylic acids is 1. The zero-order valence-electron chi connectivity index (χ0n) is 14.6. The number of nitriles is 1. The monoisotopic (exact) mass is 398 g/mol. The summed E-state index contributed by atoms with van der Waals surface area (Å²) in [6.45, 7) is 3.59. The van der Waals surface area contributed by atoms with E-state index >= 15 is 0 Å². The van der Waals surface area contributed by atoms with Gasteiger partial charge in [-0.15, -0.1) is 11.3 Å². The minimum Gasteiger partial charge on any atom is -0.301 e. The van der Waals surface area contributed by atoms with Gasteiger partial charge in [0, 0.05) is 16.6 Å². The van der Waals surface area contributed by atoms with E-state index in [0.717, 1.165) is 11.3 Å². The van der Waals surface area contributed by atoms with E-state index in [1.54, 1.807) is 36.6 Å². The molecule has 27 heavy (non-hydrogen) atoms. The second-order valence-electron chi connectivity index (χ2n) is 5.71. The maximum Gasteiger partial charge on any atom is 0.239 e. The van der Waals surface area contributed by atoms with Crippen LogP contribution in [0.3, 0.4) is 0 Å². The lowest BCUT2D eigenvalue weighted by Gasteiger charge is -2.11. The average molecular weight is 398 g/mol. The van der Waals surface area contributed by atoms with Gasteiger partial charge >= 0.3 is 0 Å². The molecule has 0 fully saturated rings. The normalized spacial score (nSPS) is 11.6. The Bertz CT molecular complexity index is 1010. The van der Waals surface area contributed by atoms with Gasteiger partial charge in [-0.2, -0.15) is 5.26 Å². The third-order valence-electron chi connectivity index (χ3n) is 3.65. The Morgan fingerprint density at radius 1 is 1.26 bits per heavy atom. The largest absolute Gasteiger partial charge is 0.301 e. The first kappa shape index (κ1) is 19.0. The Kier molecular flexibility index (Phi) is 5.84. The number of pyridine rings is 1. The maximum atomic E-state index is 13.0. The molecule has 1 N–H and O–H groups in total. The van der Waals surface area contributed by atoms with Crippen LogP contribution in [-0.4, -0.2) is 21.1 Å². The van der Waals surface area contributed by atoms with E-state index in [9.17, 15) is 14.4 Å². The van der Waals surface area contributed by atoms with Crippen LogP contribution in [0, 0.1) is 24.1 Å². The minimum atomic E-state index is -0.454. The van der Waals surface area contributed by atoms with Crippen molar-refractivity contribution >= 4 is 34.1 Å². The molecule has 1 amide bonds. The van der Waals surface area contributed by atoms with Crippen LogP contribution in [-0.2, 0) is 4.79 Å². The second-order valence-corrected chi connectivity index (χ2v) is 7.90. The van der Waals surface area contributed by atoms with E-state index in [1.165, 1.54) is 35.2 Å². The van der Waals surface area contributed by atoms with Crippen LogP contribution in [0.25, 0.3) is 11.3 Å². The zero-order valence-corrected chi connectivity index (χ0v) is 16.2. The van der Waals surface area contributed by atoms with E-state index in [0.29, 0.717) is 21.4 Å². The number of halogens is 1. The summed E-state index contributed by atoms with van der Waals surface area (Å²) in [4.78, 5) is 21.2. The number of hydrogen-bond acceptors (Lipinski definition) is 6. The van der Waals surface area contributed by atoms with Crippen molar-refractivity contribution in [2.24, 2.45) is 0 Å². The number of nitrogens with one attached hydrogen (secondary N) is 1. The molecule has 0 spiro atoms. The number of aromatic nitrogens is 2. The molecule has 2 aromatic heterocycles. The van der Waals surface area contributed by atoms with Crippen LogP contribution in [0.2, 0.25) is 0 Å². The van der Waals surface area contributed by atoms with Crippen LogP contribution in [0.1, 0.15) is 18.2 Å². The van der Waals surface area contributed by atoms with E-state index < -0.39 is 5.25 Å². The second kappa shape index (κ2) is 8.29. The molecule has 3 rings (SSSR count). The van der Waals surface area contributed by atoms with Crippen LogP contribution in [0.15, 0.2) is 46.8 Å². The van der Waals surface area contributed by atoms with Crippen LogP contribution >= 0.6 is 23.1 Å². The topological polar surface area (TPSA) is 78.7 Å². The number of anilines is 1. The number of thiazole rings is 1. The van der Waals surface area contributed by atoms with Crippen LogP contribution in [0.4, 0.5) is 9.52 Å². The molecule has 5 nitrogen and oxygen atoms in total. The summed E-state index contributed by atoms with van der Waals surface area (Å²) in [7, 11) is 0.